The predicted molar refractivity (Wildman–Crippen MR) is 103 cm³/mol. The number of nitrogens with zero attached hydrogens (tertiary/aromatic N) is 1. The minimum absolute atomic E-state index is 0. The van der Waals surface area contributed by atoms with Crippen LogP contribution < -0.4 is 0 Å². The molecule has 135 valence electrons. The molecule has 2 aromatic carbocycles. The van der Waals surface area contributed by atoms with Crippen LogP contribution in [-0.2, 0) is 50.5 Å². The van der Waals surface area contributed by atoms with Gasteiger partial charge in [-0.1, -0.05) is 54.6 Å². The maximum atomic E-state index is 12.9. The van der Waals surface area contributed by atoms with Crippen LogP contribution in [0.15, 0.2) is 54.6 Å². The van der Waals surface area contributed by atoms with E-state index >= 15 is 0 Å². The Morgan fingerprint density at radius 2 is 1.50 bits per heavy atom. The molecule has 1 saturated heterocycles. The fraction of sp³-hybridized carbons (Fsp3) is 0.435. The Labute approximate surface area is 183 Å². The largest absolute Gasteiger partial charge is 0.314 e. The Hall–Kier alpha value is -0.826. The first-order chi connectivity index (χ1) is 12.2. The van der Waals surface area contributed by atoms with Gasteiger partial charge in [-0.2, -0.15) is 0 Å². The van der Waals surface area contributed by atoms with Gasteiger partial charge in [-0.3, -0.25) is 4.79 Å². The molecule has 3 rings (SSSR count). The maximum Gasteiger partial charge on any atom is 0.191 e. The first-order valence-electron chi connectivity index (χ1n) is 9.62. The molecule has 0 spiro atoms. The zero-order valence-electron chi connectivity index (χ0n) is 16.0. The van der Waals surface area contributed by atoms with Crippen LogP contribution in [0.1, 0.15) is 42.4 Å². The molecule has 3 heteroatoms. The fourth-order valence-corrected chi connectivity index (χ4v) is 4.15. The Morgan fingerprint density at radius 3 is 2.15 bits per heavy atom. The van der Waals surface area contributed by atoms with Gasteiger partial charge in [-0.05, 0) is 43.7 Å². The smallest absolute Gasteiger partial charge is 0.191 e. The molecule has 2 nitrogen and oxygen atoms in total. The van der Waals surface area contributed by atoms with Crippen LogP contribution in [0, 0.1) is 6.92 Å². The van der Waals surface area contributed by atoms with Crippen LogP contribution in [0.4, 0.5) is 0 Å². The van der Waals surface area contributed by atoms with Crippen LogP contribution in [0.2, 0.25) is 0 Å². The van der Waals surface area contributed by atoms with E-state index in [2.05, 4.69) is 49.4 Å². The Balaban J connectivity index is 0.00000243. The number of carbonyl (C=O) groups excluding carboxylic acids is 1. The van der Waals surface area contributed by atoms with Gasteiger partial charge in [0, 0.05) is 44.7 Å². The van der Waals surface area contributed by atoms with Crippen molar-refractivity contribution in [3.05, 3.63) is 71.3 Å². The van der Waals surface area contributed by atoms with E-state index in [9.17, 15) is 4.79 Å². The van der Waals surface area contributed by atoms with Crippen LogP contribution in [0.25, 0.3) is 0 Å². The van der Waals surface area contributed by atoms with Gasteiger partial charge in [0.25, 0.3) is 0 Å². The Morgan fingerprint density at radius 1 is 0.885 bits per heavy atom. The van der Waals surface area contributed by atoms with E-state index in [0.717, 1.165) is 24.1 Å². The van der Waals surface area contributed by atoms with Gasteiger partial charge in [0.1, 0.15) is 13.1 Å². The van der Waals surface area contributed by atoms with E-state index in [4.69, 9.17) is 0 Å². The monoisotopic (exact) mass is 425 g/mol. The van der Waals surface area contributed by atoms with E-state index in [0.29, 0.717) is 18.7 Å². The molecule has 1 radical (unpaired) electrons. The molecule has 2 aromatic rings. The third kappa shape index (κ3) is 6.11. The molecule has 1 aliphatic heterocycles. The number of aryl methyl sites for hydroxylation is 1. The number of hydrogen-bond acceptors (Lipinski definition) is 1. The summed E-state index contributed by atoms with van der Waals surface area (Å²) in [4.78, 5) is 12.9. The average molecular weight is 425 g/mol. The second-order valence-corrected chi connectivity index (χ2v) is 7.65. The Kier molecular flexibility index (Phi) is 8.67. The number of quaternary nitrogens is 1. The summed E-state index contributed by atoms with van der Waals surface area (Å²) in [7, 11) is 0. The number of ketones is 1. The van der Waals surface area contributed by atoms with Crippen molar-refractivity contribution >= 4 is 5.78 Å². The minimum atomic E-state index is 0. The summed E-state index contributed by atoms with van der Waals surface area (Å²) in [5.74, 6) is 0.382. The van der Waals surface area contributed by atoms with Gasteiger partial charge in [0.05, 0.1) is 13.1 Å². The van der Waals surface area contributed by atoms with Gasteiger partial charge in [-0.15, -0.1) is 0 Å². The number of likely N-dealkylation sites (tertiary alicyclic amines) is 1. The van der Waals surface area contributed by atoms with Gasteiger partial charge in [-0.25, -0.2) is 0 Å². The van der Waals surface area contributed by atoms with Crippen LogP contribution in [0.5, 0.6) is 0 Å². The quantitative estimate of drug-likeness (QED) is 0.614. The van der Waals surface area contributed by atoms with E-state index in [-0.39, 0.29) is 32.7 Å². The summed E-state index contributed by atoms with van der Waals surface area (Å²) in [5, 5.41) is 0. The predicted octanol–water partition coefficient (Wildman–Crippen LogP) is 4.70. The van der Waals surface area contributed by atoms with Crippen molar-refractivity contribution in [2.45, 2.75) is 45.6 Å². The van der Waals surface area contributed by atoms with E-state index in [1.807, 2.05) is 12.1 Å². The minimum Gasteiger partial charge on any atom is -0.314 e. The summed E-state index contributed by atoms with van der Waals surface area (Å²) in [6, 6.07) is 19.0. The molecule has 0 unspecified atom stereocenters. The summed E-state index contributed by atoms with van der Waals surface area (Å²) >= 11 is 0. The molecule has 0 saturated carbocycles. The third-order valence-electron chi connectivity index (χ3n) is 5.54. The average Bonchev–Trinajstić information content (AvgIpc) is 2.83. The zero-order valence-corrected chi connectivity index (χ0v) is 18.8. The molecule has 0 aromatic heterocycles. The first-order valence-corrected chi connectivity index (χ1v) is 9.62. The van der Waals surface area contributed by atoms with Gasteiger partial charge in [0.15, 0.2) is 5.78 Å². The SMILES string of the molecule is Cc1ccccc1CC(=O)C[N+]1(Cc2ccccc2)CCCCCC1.[Y]. The summed E-state index contributed by atoms with van der Waals surface area (Å²) in [6.45, 7) is 6.02. The van der Waals surface area contributed by atoms with Crippen molar-refractivity contribution in [1.29, 1.82) is 0 Å². The van der Waals surface area contributed by atoms with Crippen molar-refractivity contribution in [3.8, 4) is 0 Å². The molecule has 1 heterocycles. The summed E-state index contributed by atoms with van der Waals surface area (Å²) in [6.07, 6.45) is 5.66. The molecule has 0 aliphatic carbocycles. The second-order valence-electron chi connectivity index (χ2n) is 7.65. The molecular formula is C23H30NOY+. The van der Waals surface area contributed by atoms with Gasteiger partial charge < -0.3 is 4.48 Å². The van der Waals surface area contributed by atoms with Crippen LogP contribution >= 0.6 is 0 Å². The number of rotatable bonds is 6. The number of Topliss-reactive ketones (excluding diaryl/α,β-unsaturated/α-hetero) is 1. The van der Waals surface area contributed by atoms with E-state index < -0.39 is 0 Å². The van der Waals surface area contributed by atoms with Gasteiger partial charge >= 0.3 is 0 Å². The van der Waals surface area contributed by atoms with Crippen molar-refractivity contribution in [2.24, 2.45) is 0 Å². The number of hydrogen-bond donors (Lipinski definition) is 0. The molecule has 1 fully saturated rings. The molecular weight excluding hydrogens is 395 g/mol. The first kappa shape index (κ1) is 21.5. The molecule has 26 heavy (non-hydrogen) atoms. The normalized spacial score (nSPS) is 16.3. The van der Waals surface area contributed by atoms with Crippen LogP contribution in [-0.4, -0.2) is 29.9 Å². The van der Waals surface area contributed by atoms with Crippen molar-refractivity contribution in [1.82, 2.24) is 0 Å². The summed E-state index contributed by atoms with van der Waals surface area (Å²) < 4.78 is 0.939. The van der Waals surface area contributed by atoms with Crippen molar-refractivity contribution in [3.63, 3.8) is 0 Å². The Bertz CT molecular complexity index is 690. The molecule has 1 aliphatic rings. The molecule has 0 atom stereocenters. The third-order valence-corrected chi connectivity index (χ3v) is 5.54. The standard InChI is InChI=1S/C23H30NO.Y/c1-20-11-7-8-14-22(20)17-23(25)19-24(15-9-2-3-10-16-24)18-21-12-5-4-6-13-21;/h4-8,11-14H,2-3,9-10,15-19H2,1H3;/q+1;. The molecule has 0 bridgehead atoms. The second kappa shape index (κ2) is 10.5. The van der Waals surface area contributed by atoms with E-state index in [1.165, 1.54) is 42.4 Å². The summed E-state index contributed by atoms with van der Waals surface area (Å²) in [5.41, 5.74) is 3.76. The topological polar surface area (TPSA) is 17.1 Å². The molecule has 0 N–H and O–H groups in total. The number of benzene rings is 2. The van der Waals surface area contributed by atoms with Crippen LogP contribution in [0.3, 0.4) is 0 Å². The van der Waals surface area contributed by atoms with Crippen molar-refractivity contribution in [2.75, 3.05) is 19.6 Å². The maximum absolute atomic E-state index is 12.9. The van der Waals surface area contributed by atoms with Crippen molar-refractivity contribution < 1.29 is 42.0 Å². The van der Waals surface area contributed by atoms with Gasteiger partial charge in [0.2, 0.25) is 0 Å². The zero-order chi connectivity index (χ0) is 17.5. The molecule has 0 amide bonds. The number of carbonyl (C=O) groups is 1. The van der Waals surface area contributed by atoms with E-state index in [1.54, 1.807) is 0 Å². The fourth-order valence-electron chi connectivity index (χ4n) is 4.15.